The fourth-order valence-electron chi connectivity index (χ4n) is 2.56. The molecule has 2 N–H and O–H groups in total. The van der Waals surface area contributed by atoms with Crippen LogP contribution in [0.4, 0.5) is 5.82 Å². The number of nitrogens with zero attached hydrogens (tertiary/aromatic N) is 2. The average Bonchev–Trinajstić information content (AvgIpc) is 2.41. The summed E-state index contributed by atoms with van der Waals surface area (Å²) in [6.07, 6.45) is 4.25. The van der Waals surface area contributed by atoms with E-state index in [0.717, 1.165) is 37.3 Å². The fraction of sp³-hybridized carbons (Fsp3) is 0.625. The summed E-state index contributed by atoms with van der Waals surface area (Å²) in [5.74, 6) is 0.747. The molecule has 1 fully saturated rings. The van der Waals surface area contributed by atoms with E-state index < -0.39 is 0 Å². The summed E-state index contributed by atoms with van der Waals surface area (Å²) in [4.78, 5) is 18.9. The molecule has 5 nitrogen and oxygen atoms in total. The number of aryl methyl sites for hydroxylation is 1. The largest absolute Gasteiger partial charge is 0.395 e. The monoisotopic (exact) mass is 291 g/mol. The summed E-state index contributed by atoms with van der Waals surface area (Å²) < 4.78 is 0. The van der Waals surface area contributed by atoms with Crippen LogP contribution in [0.1, 0.15) is 48.7 Å². The minimum atomic E-state index is -0.00111. The third kappa shape index (κ3) is 3.94. The second-order valence-corrected chi connectivity index (χ2v) is 5.62. The van der Waals surface area contributed by atoms with E-state index >= 15 is 0 Å². The van der Waals surface area contributed by atoms with E-state index in [4.69, 9.17) is 0 Å². The van der Waals surface area contributed by atoms with Gasteiger partial charge in [-0.3, -0.25) is 4.79 Å². The molecule has 0 unspecified atom stereocenters. The molecule has 116 valence electrons. The molecule has 0 spiro atoms. The Labute approximate surface area is 126 Å². The van der Waals surface area contributed by atoms with Crippen LogP contribution in [0.25, 0.3) is 0 Å². The van der Waals surface area contributed by atoms with Gasteiger partial charge >= 0.3 is 0 Å². The van der Waals surface area contributed by atoms with Crippen molar-refractivity contribution in [3.05, 3.63) is 23.4 Å². The first-order valence-electron chi connectivity index (χ1n) is 7.80. The van der Waals surface area contributed by atoms with E-state index in [0.29, 0.717) is 12.1 Å². The van der Waals surface area contributed by atoms with Crippen LogP contribution < -0.4 is 5.32 Å². The fourth-order valence-corrected chi connectivity index (χ4v) is 2.56. The van der Waals surface area contributed by atoms with Gasteiger partial charge in [-0.05, 0) is 44.7 Å². The number of aliphatic hydroxyl groups excluding tert-OH is 1. The van der Waals surface area contributed by atoms with E-state index in [9.17, 15) is 9.90 Å². The second kappa shape index (κ2) is 7.41. The first-order valence-corrected chi connectivity index (χ1v) is 7.80. The van der Waals surface area contributed by atoms with Crippen LogP contribution >= 0.6 is 0 Å². The molecule has 0 bridgehead atoms. The summed E-state index contributed by atoms with van der Waals surface area (Å²) in [6, 6.07) is 3.92. The lowest BCUT2D eigenvalue weighted by Crippen LogP contribution is -2.45. The summed E-state index contributed by atoms with van der Waals surface area (Å²) in [7, 11) is 0. The molecule has 0 aliphatic heterocycles. The Hall–Kier alpha value is -1.62. The van der Waals surface area contributed by atoms with Gasteiger partial charge < -0.3 is 15.3 Å². The Kier molecular flexibility index (Phi) is 5.56. The predicted molar refractivity (Wildman–Crippen MR) is 83.5 cm³/mol. The van der Waals surface area contributed by atoms with Gasteiger partial charge in [-0.15, -0.1) is 0 Å². The Bertz CT molecular complexity index is 486. The molecule has 1 aromatic heterocycles. The molecule has 5 heteroatoms. The summed E-state index contributed by atoms with van der Waals surface area (Å²) in [5, 5.41) is 12.4. The van der Waals surface area contributed by atoms with Gasteiger partial charge in [0.25, 0.3) is 5.91 Å². The van der Waals surface area contributed by atoms with Crippen LogP contribution in [0, 0.1) is 6.92 Å². The highest BCUT2D eigenvalue weighted by molar-refractivity contribution is 5.95. The van der Waals surface area contributed by atoms with Crippen molar-refractivity contribution in [1.29, 1.82) is 0 Å². The van der Waals surface area contributed by atoms with Gasteiger partial charge in [0.1, 0.15) is 5.82 Å². The van der Waals surface area contributed by atoms with Gasteiger partial charge in [0.2, 0.25) is 0 Å². The molecule has 0 aromatic carbocycles. The molecule has 21 heavy (non-hydrogen) atoms. The second-order valence-electron chi connectivity index (χ2n) is 5.62. The predicted octanol–water partition coefficient (Wildman–Crippen LogP) is 2.20. The number of hydrogen-bond acceptors (Lipinski definition) is 4. The molecule has 1 amide bonds. The van der Waals surface area contributed by atoms with Crippen LogP contribution in [-0.2, 0) is 0 Å². The molecule has 1 aliphatic rings. The lowest BCUT2D eigenvalue weighted by molar-refractivity contribution is 0.0525. The van der Waals surface area contributed by atoms with E-state index in [2.05, 4.69) is 17.2 Å². The minimum absolute atomic E-state index is 0.00111. The van der Waals surface area contributed by atoms with Crippen molar-refractivity contribution in [3.63, 3.8) is 0 Å². The Morgan fingerprint density at radius 1 is 1.48 bits per heavy atom. The van der Waals surface area contributed by atoms with Gasteiger partial charge in [0, 0.05) is 30.4 Å². The van der Waals surface area contributed by atoms with Crippen molar-refractivity contribution in [2.24, 2.45) is 0 Å². The number of amides is 1. The van der Waals surface area contributed by atoms with Gasteiger partial charge in [-0.1, -0.05) is 6.92 Å². The maximum atomic E-state index is 12.7. The highest BCUT2D eigenvalue weighted by Crippen LogP contribution is 2.26. The summed E-state index contributed by atoms with van der Waals surface area (Å²) in [6.45, 7) is 5.24. The summed E-state index contributed by atoms with van der Waals surface area (Å²) >= 11 is 0. The lowest BCUT2D eigenvalue weighted by Gasteiger charge is -2.37. The maximum Gasteiger partial charge on any atom is 0.254 e. The Balaban J connectivity index is 2.17. The maximum absolute atomic E-state index is 12.7. The number of rotatable bonds is 7. The van der Waals surface area contributed by atoms with Crippen molar-refractivity contribution in [3.8, 4) is 0 Å². The molecule has 1 heterocycles. The SMILES string of the molecule is CCCNc1cc(C(=O)N(CCO)C2CCC2)cc(C)n1. The zero-order valence-electron chi connectivity index (χ0n) is 12.9. The van der Waals surface area contributed by atoms with Crippen molar-refractivity contribution in [2.45, 2.75) is 45.6 Å². The molecule has 2 rings (SSSR count). The Morgan fingerprint density at radius 2 is 2.24 bits per heavy atom. The van der Waals surface area contributed by atoms with Crippen molar-refractivity contribution < 1.29 is 9.90 Å². The van der Waals surface area contributed by atoms with E-state index in [1.807, 2.05) is 24.0 Å². The van der Waals surface area contributed by atoms with E-state index in [1.165, 1.54) is 6.42 Å². The number of aliphatic hydroxyl groups is 1. The van der Waals surface area contributed by atoms with Crippen LogP contribution in [0.3, 0.4) is 0 Å². The summed E-state index contributed by atoms with van der Waals surface area (Å²) in [5.41, 5.74) is 1.48. The van der Waals surface area contributed by atoms with Gasteiger partial charge in [-0.25, -0.2) is 4.98 Å². The number of aromatic nitrogens is 1. The number of anilines is 1. The van der Waals surface area contributed by atoms with Crippen LogP contribution in [0.5, 0.6) is 0 Å². The smallest absolute Gasteiger partial charge is 0.254 e. The quantitative estimate of drug-likeness (QED) is 0.808. The van der Waals surface area contributed by atoms with Crippen molar-refractivity contribution in [1.82, 2.24) is 9.88 Å². The van der Waals surface area contributed by atoms with Gasteiger partial charge in [0.05, 0.1) is 6.61 Å². The number of pyridine rings is 1. The number of hydrogen-bond donors (Lipinski definition) is 2. The third-order valence-corrected chi connectivity index (χ3v) is 3.87. The number of carbonyl (C=O) groups excluding carboxylic acids is 1. The Morgan fingerprint density at radius 3 is 2.81 bits per heavy atom. The van der Waals surface area contributed by atoms with Crippen LogP contribution in [0.15, 0.2) is 12.1 Å². The van der Waals surface area contributed by atoms with Crippen molar-refractivity contribution in [2.75, 3.05) is 25.0 Å². The molecular formula is C16H25N3O2. The zero-order valence-corrected chi connectivity index (χ0v) is 12.9. The zero-order chi connectivity index (χ0) is 15.2. The standard InChI is InChI=1S/C16H25N3O2/c1-3-7-17-15-11-13(10-12(2)18-15)16(21)19(8-9-20)14-5-4-6-14/h10-11,14,20H,3-9H2,1-2H3,(H,17,18). The van der Waals surface area contributed by atoms with Gasteiger partial charge in [-0.2, -0.15) is 0 Å². The lowest BCUT2D eigenvalue weighted by atomic mass is 9.91. The third-order valence-electron chi connectivity index (χ3n) is 3.87. The average molecular weight is 291 g/mol. The molecular weight excluding hydrogens is 266 g/mol. The molecule has 0 radical (unpaired) electrons. The number of nitrogens with one attached hydrogen (secondary N) is 1. The van der Waals surface area contributed by atoms with E-state index in [1.54, 1.807) is 0 Å². The van der Waals surface area contributed by atoms with Crippen LogP contribution in [0.2, 0.25) is 0 Å². The highest BCUT2D eigenvalue weighted by Gasteiger charge is 2.29. The highest BCUT2D eigenvalue weighted by atomic mass is 16.3. The molecule has 1 aromatic rings. The first kappa shape index (κ1) is 15.8. The molecule has 1 saturated carbocycles. The molecule has 0 saturated heterocycles. The first-order chi connectivity index (χ1) is 10.2. The van der Waals surface area contributed by atoms with Crippen LogP contribution in [-0.4, -0.2) is 46.6 Å². The molecule has 1 aliphatic carbocycles. The van der Waals surface area contributed by atoms with Gasteiger partial charge in [0.15, 0.2) is 0 Å². The normalized spacial score (nSPS) is 14.6. The topological polar surface area (TPSA) is 65.5 Å². The molecule has 0 atom stereocenters. The minimum Gasteiger partial charge on any atom is -0.395 e. The van der Waals surface area contributed by atoms with Crippen molar-refractivity contribution >= 4 is 11.7 Å². The van der Waals surface area contributed by atoms with E-state index in [-0.39, 0.29) is 18.6 Å². The number of carbonyl (C=O) groups is 1.